The Morgan fingerprint density at radius 2 is 2.08 bits per heavy atom. The van der Waals surface area contributed by atoms with Crippen LogP contribution in [0, 0.1) is 16.0 Å². The predicted octanol–water partition coefficient (Wildman–Crippen LogP) is 5.32. The van der Waals surface area contributed by atoms with Crippen molar-refractivity contribution in [2.45, 2.75) is 52.4 Å². The molecule has 1 aliphatic carbocycles. The van der Waals surface area contributed by atoms with Crippen LogP contribution in [0.3, 0.4) is 0 Å². The monoisotopic (exact) mass is 526 g/mol. The van der Waals surface area contributed by atoms with Gasteiger partial charge < -0.3 is 19.9 Å². The van der Waals surface area contributed by atoms with Gasteiger partial charge >= 0.3 is 11.7 Å². The third-order valence-corrected chi connectivity index (χ3v) is 7.48. The number of carbonyl (C=O) groups excluding carboxylic acids is 2. The Balaban J connectivity index is 1.88. The number of nitro groups is 1. The largest absolute Gasteiger partial charge is 0.500 e. The fourth-order valence-electron chi connectivity index (χ4n) is 4.87. The van der Waals surface area contributed by atoms with Crippen molar-refractivity contribution in [3.05, 3.63) is 72.7 Å². The summed E-state index contributed by atoms with van der Waals surface area (Å²) >= 11 is 1.59. The lowest BCUT2D eigenvalue weighted by Gasteiger charge is -2.36. The van der Waals surface area contributed by atoms with Crippen LogP contribution >= 0.6 is 11.3 Å². The second kappa shape index (κ2) is 10.8. The molecule has 9 nitrogen and oxygen atoms in total. The highest BCUT2D eigenvalue weighted by Gasteiger charge is 2.42. The Bertz CT molecular complexity index is 1290. The van der Waals surface area contributed by atoms with E-state index in [0.717, 1.165) is 4.88 Å². The maximum Gasteiger partial charge on any atom is 0.336 e. The smallest absolute Gasteiger partial charge is 0.336 e. The van der Waals surface area contributed by atoms with Crippen LogP contribution in [0.4, 0.5) is 5.69 Å². The fourth-order valence-corrected chi connectivity index (χ4v) is 5.70. The van der Waals surface area contributed by atoms with Crippen LogP contribution < -0.4 is 10.1 Å². The minimum Gasteiger partial charge on any atom is -0.500 e. The first-order valence-electron chi connectivity index (χ1n) is 12.2. The lowest BCUT2D eigenvalue weighted by molar-refractivity contribution is -0.386. The van der Waals surface area contributed by atoms with Crippen molar-refractivity contribution in [2.24, 2.45) is 5.92 Å². The van der Waals surface area contributed by atoms with Crippen LogP contribution in [-0.4, -0.2) is 35.0 Å². The number of nitrogens with one attached hydrogen (secondary N) is 1. The van der Waals surface area contributed by atoms with Gasteiger partial charge in [0.05, 0.1) is 23.7 Å². The minimum atomic E-state index is -0.911. The van der Waals surface area contributed by atoms with Gasteiger partial charge in [-0.3, -0.25) is 14.9 Å². The number of nitro benzene ring substituents is 1. The molecule has 2 atom stereocenters. The Hall–Kier alpha value is -3.66. The molecule has 2 aromatic rings. The molecule has 2 aliphatic rings. The number of hydrogen-bond donors (Lipinski definition) is 2. The molecule has 2 heterocycles. The van der Waals surface area contributed by atoms with Gasteiger partial charge in [0, 0.05) is 46.2 Å². The number of phenolic OH excluding ortho intramolecular Hbond substituents is 1. The van der Waals surface area contributed by atoms with Gasteiger partial charge in [-0.15, -0.1) is 11.3 Å². The van der Waals surface area contributed by atoms with Gasteiger partial charge in [-0.05, 0) is 49.3 Å². The second-order valence-electron chi connectivity index (χ2n) is 9.60. The van der Waals surface area contributed by atoms with E-state index in [2.05, 4.69) is 5.32 Å². The van der Waals surface area contributed by atoms with Crippen LogP contribution in [-0.2, 0) is 14.3 Å². The van der Waals surface area contributed by atoms with Crippen LogP contribution in [0.15, 0.2) is 52.2 Å². The lowest BCUT2D eigenvalue weighted by atomic mass is 9.72. The normalized spacial score (nSPS) is 19.5. The first kappa shape index (κ1) is 26.4. The zero-order valence-electron chi connectivity index (χ0n) is 21.2. The van der Waals surface area contributed by atoms with Crippen molar-refractivity contribution in [1.82, 2.24) is 5.32 Å². The van der Waals surface area contributed by atoms with E-state index < -0.39 is 28.2 Å². The Labute approximate surface area is 218 Å². The molecule has 0 radical (unpaired) electrons. The molecule has 4 rings (SSSR count). The number of esters is 1. The highest BCUT2D eigenvalue weighted by atomic mass is 32.1. The third-order valence-electron chi connectivity index (χ3n) is 6.45. The molecule has 0 bridgehead atoms. The first-order valence-corrected chi connectivity index (χ1v) is 13.1. The van der Waals surface area contributed by atoms with Gasteiger partial charge in [0.1, 0.15) is 0 Å². The van der Waals surface area contributed by atoms with Gasteiger partial charge in [-0.25, -0.2) is 4.79 Å². The summed E-state index contributed by atoms with van der Waals surface area (Å²) in [5.74, 6) is -2.25. The molecule has 1 aromatic heterocycles. The van der Waals surface area contributed by atoms with Crippen LogP contribution in [0.25, 0.3) is 0 Å². The van der Waals surface area contributed by atoms with E-state index in [4.69, 9.17) is 9.47 Å². The molecule has 37 heavy (non-hydrogen) atoms. The molecule has 1 aliphatic heterocycles. The van der Waals surface area contributed by atoms with Crippen molar-refractivity contribution < 1.29 is 29.1 Å². The summed E-state index contributed by atoms with van der Waals surface area (Å²) in [7, 11) is 0. The predicted molar refractivity (Wildman–Crippen MR) is 139 cm³/mol. The summed E-state index contributed by atoms with van der Waals surface area (Å²) in [6.45, 7) is 7.60. The standard InChI is InChI=1S/C27H30N2O7S/c1-5-35-21-12-17(10-19(26(21)31)29(33)34)24-23(27(32)36-13-14(2)3)15(4)28-18-9-16(11-20(30)25(18)24)22-7-6-8-37-22/h6-8,10,12,14,16,24,28,31H,5,9,11,13H2,1-4H3. The van der Waals surface area contributed by atoms with Crippen molar-refractivity contribution in [1.29, 1.82) is 0 Å². The molecule has 0 spiro atoms. The second-order valence-corrected chi connectivity index (χ2v) is 10.6. The number of ketones is 1. The number of phenols is 1. The number of thiophene rings is 1. The quantitative estimate of drug-likeness (QED) is 0.269. The average Bonchev–Trinajstić information content (AvgIpc) is 3.38. The first-order chi connectivity index (χ1) is 17.6. The van der Waals surface area contributed by atoms with Crippen molar-refractivity contribution in [2.75, 3.05) is 13.2 Å². The number of ether oxygens (including phenoxy) is 2. The van der Waals surface area contributed by atoms with Crippen LogP contribution in [0.2, 0.25) is 0 Å². The maximum absolute atomic E-state index is 13.7. The summed E-state index contributed by atoms with van der Waals surface area (Å²) in [5.41, 5.74) is 1.55. The topological polar surface area (TPSA) is 128 Å². The van der Waals surface area contributed by atoms with Gasteiger partial charge in [0.2, 0.25) is 5.75 Å². The highest BCUT2D eigenvalue weighted by Crippen LogP contribution is 2.49. The number of aromatic hydroxyl groups is 1. The summed E-state index contributed by atoms with van der Waals surface area (Å²) in [6, 6.07) is 6.63. The summed E-state index contributed by atoms with van der Waals surface area (Å²) in [6.07, 6.45) is 0.811. The van der Waals surface area contributed by atoms with E-state index in [9.17, 15) is 24.8 Å². The highest BCUT2D eigenvalue weighted by molar-refractivity contribution is 7.10. The van der Waals surface area contributed by atoms with E-state index in [-0.39, 0.29) is 48.6 Å². The van der Waals surface area contributed by atoms with Crippen LogP contribution in [0.1, 0.15) is 62.8 Å². The number of nitrogens with zero attached hydrogens (tertiary/aromatic N) is 1. The summed E-state index contributed by atoms with van der Waals surface area (Å²) in [4.78, 5) is 39.2. The Morgan fingerprint density at radius 3 is 2.70 bits per heavy atom. The lowest BCUT2D eigenvalue weighted by Crippen LogP contribution is -2.36. The van der Waals surface area contributed by atoms with Gasteiger partial charge in [0.25, 0.3) is 0 Å². The molecule has 0 fully saturated rings. The van der Waals surface area contributed by atoms with Gasteiger partial charge in [-0.1, -0.05) is 19.9 Å². The molecule has 0 amide bonds. The SMILES string of the molecule is CCOc1cc(C2C(C(=O)OCC(C)C)=C(C)NC3=C2C(=O)CC(c2cccs2)C3)cc([N+](=O)[O-])c1O. The third kappa shape index (κ3) is 5.24. The van der Waals surface area contributed by atoms with Crippen molar-refractivity contribution in [3.8, 4) is 11.5 Å². The van der Waals surface area contributed by atoms with Gasteiger partial charge in [0.15, 0.2) is 11.5 Å². The average molecular weight is 527 g/mol. The van der Waals surface area contributed by atoms with E-state index in [1.807, 2.05) is 31.4 Å². The van der Waals surface area contributed by atoms with Gasteiger partial charge in [-0.2, -0.15) is 0 Å². The number of benzene rings is 1. The number of Topliss-reactive ketones (excluding diaryl/α,β-unsaturated/α-hetero) is 1. The van der Waals surface area contributed by atoms with E-state index in [0.29, 0.717) is 29.0 Å². The Morgan fingerprint density at radius 1 is 1.32 bits per heavy atom. The summed E-state index contributed by atoms with van der Waals surface area (Å²) < 4.78 is 11.0. The van der Waals surface area contributed by atoms with Crippen LogP contribution in [0.5, 0.6) is 11.5 Å². The van der Waals surface area contributed by atoms with E-state index in [1.54, 1.807) is 25.2 Å². The number of hydrogen-bond acceptors (Lipinski definition) is 9. The molecule has 2 N–H and O–H groups in total. The molecule has 196 valence electrons. The zero-order valence-corrected chi connectivity index (χ0v) is 22.0. The molecule has 10 heteroatoms. The minimum absolute atomic E-state index is 0.00483. The number of carbonyl (C=O) groups is 2. The molecular formula is C27H30N2O7S. The number of rotatable bonds is 8. The summed E-state index contributed by atoms with van der Waals surface area (Å²) in [5, 5.41) is 27.5. The molecule has 1 aromatic carbocycles. The zero-order chi connectivity index (χ0) is 26.9. The fraction of sp³-hybridized carbons (Fsp3) is 0.407. The number of dihydropyridines is 1. The molecular weight excluding hydrogens is 496 g/mol. The van der Waals surface area contributed by atoms with E-state index in [1.165, 1.54) is 12.1 Å². The number of allylic oxidation sites excluding steroid dienone is 3. The molecule has 0 saturated carbocycles. The van der Waals surface area contributed by atoms with Crippen molar-refractivity contribution >= 4 is 28.8 Å². The Kier molecular flexibility index (Phi) is 7.68. The molecule has 0 saturated heterocycles. The molecule has 2 unspecified atom stereocenters. The maximum atomic E-state index is 13.7. The van der Waals surface area contributed by atoms with Crippen molar-refractivity contribution in [3.63, 3.8) is 0 Å². The van der Waals surface area contributed by atoms with E-state index >= 15 is 0 Å².